The quantitative estimate of drug-likeness (QED) is 0.730. The third-order valence-electron chi connectivity index (χ3n) is 2.76. The van der Waals surface area contributed by atoms with Gasteiger partial charge >= 0.3 is 5.97 Å². The number of Topliss-reactive ketones (excluding diaryl/α,β-unsaturated/α-hetero) is 1. The molecule has 0 aliphatic heterocycles. The number of carbonyl (C=O) groups is 2. The minimum Gasteiger partial charge on any atom is -0.479 e. The van der Waals surface area contributed by atoms with E-state index < -0.39 is 17.4 Å². The first-order valence-electron chi connectivity index (χ1n) is 4.53. The summed E-state index contributed by atoms with van der Waals surface area (Å²) in [5, 5.41) is 9.06. The monoisotopic (exact) mass is 206 g/mol. The third kappa shape index (κ3) is 1.18. The predicted molar refractivity (Wildman–Crippen MR) is 51.9 cm³/mol. The highest BCUT2D eigenvalue weighted by Gasteiger charge is 2.52. The first kappa shape index (κ1) is 9.86. The maximum absolute atomic E-state index is 11.9. The number of carboxylic acid groups (broad SMARTS) is 1. The summed E-state index contributed by atoms with van der Waals surface area (Å²) in [7, 11) is 1.25. The Kier molecular flexibility index (Phi) is 2.08. The molecule has 0 aromatic heterocycles. The second-order valence-electron chi connectivity index (χ2n) is 3.50. The molecular formula is C11H10O4. The van der Waals surface area contributed by atoms with Crippen LogP contribution in [0.1, 0.15) is 15.9 Å². The van der Waals surface area contributed by atoms with E-state index in [4.69, 9.17) is 9.84 Å². The number of fused-ring (bicyclic) bond motifs is 1. The van der Waals surface area contributed by atoms with Crippen LogP contribution in [0.15, 0.2) is 24.3 Å². The fourth-order valence-corrected chi connectivity index (χ4v) is 1.89. The van der Waals surface area contributed by atoms with E-state index in [1.54, 1.807) is 24.3 Å². The van der Waals surface area contributed by atoms with Crippen molar-refractivity contribution in [3.63, 3.8) is 0 Å². The van der Waals surface area contributed by atoms with Crippen molar-refractivity contribution in [3.05, 3.63) is 35.4 Å². The maximum atomic E-state index is 11.9. The van der Waals surface area contributed by atoms with Crippen LogP contribution in [0.25, 0.3) is 0 Å². The number of rotatable bonds is 2. The van der Waals surface area contributed by atoms with Crippen molar-refractivity contribution >= 4 is 11.8 Å². The number of methoxy groups -OCH3 is 1. The Morgan fingerprint density at radius 3 is 2.67 bits per heavy atom. The number of benzene rings is 1. The van der Waals surface area contributed by atoms with Gasteiger partial charge in [0.25, 0.3) is 0 Å². The van der Waals surface area contributed by atoms with Crippen LogP contribution in [-0.2, 0) is 16.0 Å². The van der Waals surface area contributed by atoms with E-state index >= 15 is 0 Å². The highest BCUT2D eigenvalue weighted by atomic mass is 16.5. The van der Waals surface area contributed by atoms with Gasteiger partial charge in [0.15, 0.2) is 0 Å². The number of aliphatic carboxylic acids is 1. The van der Waals surface area contributed by atoms with Gasteiger partial charge in [-0.15, -0.1) is 0 Å². The van der Waals surface area contributed by atoms with Crippen molar-refractivity contribution in [3.8, 4) is 0 Å². The number of carboxylic acids is 1. The molecule has 0 amide bonds. The lowest BCUT2D eigenvalue weighted by Gasteiger charge is -2.19. The average molecular weight is 206 g/mol. The number of ether oxygens (including phenoxy) is 1. The van der Waals surface area contributed by atoms with Crippen molar-refractivity contribution in [2.24, 2.45) is 0 Å². The molecule has 1 aromatic carbocycles. The van der Waals surface area contributed by atoms with Gasteiger partial charge in [-0.2, -0.15) is 0 Å². The molecule has 1 atom stereocenters. The second kappa shape index (κ2) is 3.17. The zero-order valence-corrected chi connectivity index (χ0v) is 8.19. The van der Waals surface area contributed by atoms with Crippen LogP contribution in [0.4, 0.5) is 0 Å². The summed E-state index contributed by atoms with van der Waals surface area (Å²) in [6.45, 7) is 0. The summed E-state index contributed by atoms with van der Waals surface area (Å²) in [6.07, 6.45) is 0.105. The largest absolute Gasteiger partial charge is 0.479 e. The Labute approximate surface area is 86.5 Å². The molecule has 0 saturated heterocycles. The molecule has 1 aliphatic carbocycles. The maximum Gasteiger partial charge on any atom is 0.344 e. The van der Waals surface area contributed by atoms with Gasteiger partial charge in [0, 0.05) is 19.1 Å². The normalized spacial score (nSPS) is 23.9. The summed E-state index contributed by atoms with van der Waals surface area (Å²) >= 11 is 0. The molecule has 78 valence electrons. The smallest absolute Gasteiger partial charge is 0.344 e. The van der Waals surface area contributed by atoms with Gasteiger partial charge in [0.2, 0.25) is 11.4 Å². The van der Waals surface area contributed by atoms with Crippen molar-refractivity contribution in [1.82, 2.24) is 0 Å². The molecule has 1 unspecified atom stereocenters. The topological polar surface area (TPSA) is 63.6 Å². The van der Waals surface area contributed by atoms with E-state index in [0.29, 0.717) is 5.56 Å². The first-order chi connectivity index (χ1) is 7.12. The van der Waals surface area contributed by atoms with Crippen LogP contribution in [-0.4, -0.2) is 29.6 Å². The molecule has 2 rings (SSSR count). The summed E-state index contributed by atoms with van der Waals surface area (Å²) in [4.78, 5) is 23.0. The molecule has 0 heterocycles. The standard InChI is InChI=1S/C11H10O4/c1-15-11(10(13)14)6-7-4-2-3-5-8(7)9(11)12/h2-5H,6H2,1H3,(H,13,14). The van der Waals surface area contributed by atoms with E-state index in [1.165, 1.54) is 7.11 Å². The summed E-state index contributed by atoms with van der Waals surface area (Å²) < 4.78 is 4.91. The van der Waals surface area contributed by atoms with Gasteiger partial charge in [-0.05, 0) is 5.56 Å². The van der Waals surface area contributed by atoms with Gasteiger partial charge in [-0.3, -0.25) is 4.79 Å². The van der Waals surface area contributed by atoms with Crippen LogP contribution in [0.5, 0.6) is 0 Å². The van der Waals surface area contributed by atoms with E-state index in [0.717, 1.165) is 5.56 Å². The average Bonchev–Trinajstić information content (AvgIpc) is 2.53. The molecule has 15 heavy (non-hydrogen) atoms. The lowest BCUT2D eigenvalue weighted by atomic mass is 9.99. The minimum absolute atomic E-state index is 0.105. The predicted octanol–water partition coefficient (Wildman–Crippen LogP) is 0.895. The zero-order chi connectivity index (χ0) is 11.1. The van der Waals surface area contributed by atoms with Crippen molar-refractivity contribution in [2.45, 2.75) is 12.0 Å². The van der Waals surface area contributed by atoms with Gasteiger partial charge in [0.05, 0.1) is 0 Å². The third-order valence-corrected chi connectivity index (χ3v) is 2.76. The molecule has 0 radical (unpaired) electrons. The van der Waals surface area contributed by atoms with Crippen molar-refractivity contribution in [1.29, 1.82) is 0 Å². The zero-order valence-electron chi connectivity index (χ0n) is 8.19. The number of ketones is 1. The summed E-state index contributed by atoms with van der Waals surface area (Å²) in [5.74, 6) is -1.70. The van der Waals surface area contributed by atoms with Crippen LogP contribution < -0.4 is 0 Å². The van der Waals surface area contributed by atoms with Crippen LogP contribution in [0, 0.1) is 0 Å². The van der Waals surface area contributed by atoms with E-state index in [9.17, 15) is 9.59 Å². The molecule has 1 aromatic rings. The molecule has 0 fully saturated rings. The van der Waals surface area contributed by atoms with Gasteiger partial charge < -0.3 is 9.84 Å². The van der Waals surface area contributed by atoms with Crippen LogP contribution >= 0.6 is 0 Å². The molecular weight excluding hydrogens is 196 g/mol. The first-order valence-corrected chi connectivity index (χ1v) is 4.53. The van der Waals surface area contributed by atoms with Crippen molar-refractivity contribution in [2.75, 3.05) is 7.11 Å². The minimum atomic E-state index is -1.72. The van der Waals surface area contributed by atoms with Crippen molar-refractivity contribution < 1.29 is 19.4 Å². The Balaban J connectivity index is 2.54. The number of hydrogen-bond acceptors (Lipinski definition) is 3. The van der Waals surface area contributed by atoms with E-state index in [2.05, 4.69) is 0 Å². The van der Waals surface area contributed by atoms with Gasteiger partial charge in [-0.1, -0.05) is 24.3 Å². The lowest BCUT2D eigenvalue weighted by molar-refractivity contribution is -0.155. The molecule has 0 spiro atoms. The fourth-order valence-electron chi connectivity index (χ4n) is 1.89. The highest BCUT2D eigenvalue weighted by molar-refractivity contribution is 6.18. The van der Waals surface area contributed by atoms with E-state index in [1.807, 2.05) is 0 Å². The number of carbonyl (C=O) groups excluding carboxylic acids is 1. The van der Waals surface area contributed by atoms with Gasteiger partial charge in [-0.25, -0.2) is 4.79 Å². The van der Waals surface area contributed by atoms with Crippen LogP contribution in [0.2, 0.25) is 0 Å². The molecule has 0 saturated carbocycles. The Morgan fingerprint density at radius 2 is 2.13 bits per heavy atom. The fraction of sp³-hybridized carbons (Fsp3) is 0.273. The Bertz CT molecular complexity index is 438. The molecule has 1 N–H and O–H groups in total. The summed E-state index contributed by atoms with van der Waals surface area (Å²) in [6, 6.07) is 6.86. The SMILES string of the molecule is COC1(C(=O)O)Cc2ccccc2C1=O. The van der Waals surface area contributed by atoms with Gasteiger partial charge in [0.1, 0.15) is 0 Å². The van der Waals surface area contributed by atoms with E-state index in [-0.39, 0.29) is 6.42 Å². The van der Waals surface area contributed by atoms with Crippen LogP contribution in [0.3, 0.4) is 0 Å². The molecule has 0 bridgehead atoms. The highest BCUT2D eigenvalue weighted by Crippen LogP contribution is 2.32. The lowest BCUT2D eigenvalue weighted by Crippen LogP contribution is -2.46. The molecule has 4 heteroatoms. The molecule has 4 nitrogen and oxygen atoms in total. The number of hydrogen-bond donors (Lipinski definition) is 1. The molecule has 1 aliphatic rings. The Morgan fingerprint density at radius 1 is 1.47 bits per heavy atom. The summed E-state index contributed by atoms with van der Waals surface area (Å²) in [5.41, 5.74) is -0.544. The Hall–Kier alpha value is -1.68. The second-order valence-corrected chi connectivity index (χ2v) is 3.50.